The van der Waals surface area contributed by atoms with E-state index in [-0.39, 0.29) is 0 Å². The monoisotopic (exact) mass is 122 g/mol. The fourth-order valence-electron chi connectivity index (χ4n) is 1.93. The molecule has 0 amide bonds. The van der Waals surface area contributed by atoms with E-state index >= 15 is 0 Å². The lowest BCUT2D eigenvalue weighted by molar-refractivity contribution is -0.118. The predicted octanol–water partition coefficient (Wildman–Crippen LogP) is 1.40. The highest BCUT2D eigenvalue weighted by atomic mass is 16.1. The Bertz CT molecular complexity index is 181. The van der Waals surface area contributed by atoms with Crippen LogP contribution < -0.4 is 0 Å². The van der Waals surface area contributed by atoms with Crippen LogP contribution in [0.4, 0.5) is 0 Å². The molecule has 2 aliphatic rings. The Morgan fingerprint density at radius 3 is 2.78 bits per heavy atom. The molecule has 3 atom stereocenters. The summed E-state index contributed by atoms with van der Waals surface area (Å²) < 4.78 is 0. The Labute approximate surface area is 54.8 Å². The molecule has 0 unspecified atom stereocenters. The average Bonchev–Trinajstić information content (AvgIpc) is 2.30. The Balaban J connectivity index is 2.10. The second kappa shape index (κ2) is 1.47. The highest BCUT2D eigenvalue weighted by Crippen LogP contribution is 2.53. The maximum Gasteiger partial charge on any atom is 0.133 e. The Morgan fingerprint density at radius 1 is 1.67 bits per heavy atom. The van der Waals surface area contributed by atoms with Crippen LogP contribution in [0.5, 0.6) is 0 Å². The SMILES string of the molecule is CC(=O)[C@H]1[C@@H]2C=CC[C@@H]21. The van der Waals surface area contributed by atoms with E-state index in [0.717, 1.165) is 6.42 Å². The van der Waals surface area contributed by atoms with Gasteiger partial charge in [-0.3, -0.25) is 4.79 Å². The average molecular weight is 122 g/mol. The molecule has 0 aromatic carbocycles. The third-order valence-corrected chi connectivity index (χ3v) is 2.47. The van der Waals surface area contributed by atoms with Gasteiger partial charge in [-0.2, -0.15) is 0 Å². The van der Waals surface area contributed by atoms with E-state index < -0.39 is 0 Å². The Kier molecular flexibility index (Phi) is 0.850. The molecule has 1 nitrogen and oxygen atoms in total. The van der Waals surface area contributed by atoms with E-state index in [2.05, 4.69) is 12.2 Å². The van der Waals surface area contributed by atoms with Gasteiger partial charge >= 0.3 is 0 Å². The standard InChI is InChI=1S/C8H10O/c1-5(9)8-6-3-2-4-7(6)8/h2-3,6-8H,4H2,1H3/t6-,7+,8+/m1/s1. The molecule has 0 saturated heterocycles. The van der Waals surface area contributed by atoms with Gasteiger partial charge in [-0.1, -0.05) is 12.2 Å². The lowest BCUT2D eigenvalue weighted by atomic mass is 10.2. The minimum Gasteiger partial charge on any atom is -0.300 e. The highest BCUT2D eigenvalue weighted by molar-refractivity contribution is 5.82. The summed E-state index contributed by atoms with van der Waals surface area (Å²) in [6, 6.07) is 0. The number of fused-ring (bicyclic) bond motifs is 1. The van der Waals surface area contributed by atoms with Crippen molar-refractivity contribution >= 4 is 5.78 Å². The van der Waals surface area contributed by atoms with Gasteiger partial charge in [0.1, 0.15) is 5.78 Å². The van der Waals surface area contributed by atoms with Crippen molar-refractivity contribution in [2.75, 3.05) is 0 Å². The van der Waals surface area contributed by atoms with Crippen LogP contribution in [0, 0.1) is 17.8 Å². The smallest absolute Gasteiger partial charge is 0.133 e. The lowest BCUT2D eigenvalue weighted by Crippen LogP contribution is -1.96. The van der Waals surface area contributed by atoms with Gasteiger partial charge < -0.3 is 0 Å². The van der Waals surface area contributed by atoms with E-state index in [1.165, 1.54) is 0 Å². The number of allylic oxidation sites excluding steroid dienone is 2. The van der Waals surface area contributed by atoms with Crippen molar-refractivity contribution in [3.63, 3.8) is 0 Å². The zero-order valence-corrected chi connectivity index (χ0v) is 5.50. The minimum atomic E-state index is 0.384. The number of hydrogen-bond donors (Lipinski definition) is 0. The molecule has 0 aliphatic heterocycles. The van der Waals surface area contributed by atoms with Gasteiger partial charge in [-0.05, 0) is 25.2 Å². The molecule has 0 aromatic heterocycles. The molecule has 0 spiro atoms. The first-order valence-corrected chi connectivity index (χ1v) is 3.48. The van der Waals surface area contributed by atoms with Crippen LogP contribution in [0.15, 0.2) is 12.2 Å². The van der Waals surface area contributed by atoms with Crippen LogP contribution in [-0.4, -0.2) is 5.78 Å². The lowest BCUT2D eigenvalue weighted by Gasteiger charge is -1.89. The molecule has 1 fully saturated rings. The van der Waals surface area contributed by atoms with Crippen molar-refractivity contribution in [1.82, 2.24) is 0 Å². The van der Waals surface area contributed by atoms with E-state index in [1.54, 1.807) is 6.92 Å². The van der Waals surface area contributed by atoms with Crippen LogP contribution in [0.3, 0.4) is 0 Å². The molecular weight excluding hydrogens is 112 g/mol. The van der Waals surface area contributed by atoms with E-state index in [1.807, 2.05) is 0 Å². The number of rotatable bonds is 1. The third-order valence-electron chi connectivity index (χ3n) is 2.47. The second-order valence-corrected chi connectivity index (χ2v) is 3.04. The number of hydrogen-bond acceptors (Lipinski definition) is 1. The summed E-state index contributed by atoms with van der Waals surface area (Å²) in [5.41, 5.74) is 0. The van der Waals surface area contributed by atoms with Crippen LogP contribution in [0.25, 0.3) is 0 Å². The number of ketones is 1. The molecule has 0 aromatic rings. The maximum absolute atomic E-state index is 10.8. The molecule has 9 heavy (non-hydrogen) atoms. The fraction of sp³-hybridized carbons (Fsp3) is 0.625. The molecular formula is C8H10O. The van der Waals surface area contributed by atoms with Gasteiger partial charge in [-0.15, -0.1) is 0 Å². The van der Waals surface area contributed by atoms with Crippen molar-refractivity contribution in [3.8, 4) is 0 Å². The van der Waals surface area contributed by atoms with Crippen molar-refractivity contribution < 1.29 is 4.79 Å². The zero-order valence-electron chi connectivity index (χ0n) is 5.50. The fourth-order valence-corrected chi connectivity index (χ4v) is 1.93. The predicted molar refractivity (Wildman–Crippen MR) is 34.9 cm³/mol. The van der Waals surface area contributed by atoms with Crippen molar-refractivity contribution in [1.29, 1.82) is 0 Å². The summed E-state index contributed by atoms with van der Waals surface area (Å²) in [7, 11) is 0. The van der Waals surface area contributed by atoms with Gasteiger partial charge in [0.15, 0.2) is 0 Å². The Morgan fingerprint density at radius 2 is 2.44 bits per heavy atom. The Hall–Kier alpha value is -0.590. The topological polar surface area (TPSA) is 17.1 Å². The number of carbonyl (C=O) groups is 1. The molecule has 2 rings (SSSR count). The molecule has 1 heteroatoms. The first-order valence-electron chi connectivity index (χ1n) is 3.48. The van der Waals surface area contributed by atoms with Gasteiger partial charge in [0.05, 0.1) is 0 Å². The van der Waals surface area contributed by atoms with Crippen molar-refractivity contribution in [2.24, 2.45) is 17.8 Å². The minimum absolute atomic E-state index is 0.384. The van der Waals surface area contributed by atoms with Crippen LogP contribution in [0.2, 0.25) is 0 Å². The van der Waals surface area contributed by atoms with E-state index in [4.69, 9.17) is 0 Å². The van der Waals surface area contributed by atoms with Crippen molar-refractivity contribution in [3.05, 3.63) is 12.2 Å². The maximum atomic E-state index is 10.8. The zero-order chi connectivity index (χ0) is 6.43. The van der Waals surface area contributed by atoms with Crippen LogP contribution >= 0.6 is 0 Å². The van der Waals surface area contributed by atoms with E-state index in [0.29, 0.717) is 23.5 Å². The molecule has 0 heterocycles. The third kappa shape index (κ3) is 0.576. The van der Waals surface area contributed by atoms with Crippen molar-refractivity contribution in [2.45, 2.75) is 13.3 Å². The molecule has 0 radical (unpaired) electrons. The number of Topliss-reactive ketones (excluding diaryl/α,β-unsaturated/α-hetero) is 1. The summed E-state index contributed by atoms with van der Waals surface area (Å²) in [5, 5.41) is 0. The van der Waals surface area contributed by atoms with Crippen LogP contribution in [0.1, 0.15) is 13.3 Å². The van der Waals surface area contributed by atoms with E-state index in [9.17, 15) is 4.79 Å². The molecule has 48 valence electrons. The normalized spacial score (nSPS) is 44.8. The quantitative estimate of drug-likeness (QED) is 0.480. The van der Waals surface area contributed by atoms with Gasteiger partial charge in [0.25, 0.3) is 0 Å². The highest BCUT2D eigenvalue weighted by Gasteiger charge is 2.52. The first-order chi connectivity index (χ1) is 4.30. The first kappa shape index (κ1) is 5.21. The van der Waals surface area contributed by atoms with Gasteiger partial charge in [0.2, 0.25) is 0 Å². The summed E-state index contributed by atoms with van der Waals surface area (Å²) in [6.45, 7) is 1.71. The summed E-state index contributed by atoms with van der Waals surface area (Å²) in [6.07, 6.45) is 5.53. The molecule has 1 saturated carbocycles. The summed E-state index contributed by atoms with van der Waals surface area (Å²) >= 11 is 0. The summed E-state index contributed by atoms with van der Waals surface area (Å²) in [5.74, 6) is 2.15. The van der Waals surface area contributed by atoms with Gasteiger partial charge in [0, 0.05) is 5.92 Å². The number of carbonyl (C=O) groups excluding carboxylic acids is 1. The molecule has 0 bridgehead atoms. The molecule has 2 aliphatic carbocycles. The second-order valence-electron chi connectivity index (χ2n) is 3.04. The molecule has 0 N–H and O–H groups in total. The van der Waals surface area contributed by atoms with Gasteiger partial charge in [-0.25, -0.2) is 0 Å². The van der Waals surface area contributed by atoms with Crippen LogP contribution in [-0.2, 0) is 4.79 Å². The summed E-state index contributed by atoms with van der Waals surface area (Å²) in [4.78, 5) is 10.8. The largest absolute Gasteiger partial charge is 0.300 e.